The minimum Gasteiger partial charge on any atom is -0.445 e. The largest absolute Gasteiger partial charge is 0.445 e. The molecule has 0 radical (unpaired) electrons. The number of aromatic nitrogens is 1. The molecule has 0 bridgehead atoms. The van der Waals surface area contributed by atoms with Crippen LogP contribution in [0.15, 0.2) is 60.9 Å². The van der Waals surface area contributed by atoms with Crippen LogP contribution in [0.25, 0.3) is 6.08 Å². The summed E-state index contributed by atoms with van der Waals surface area (Å²) in [5.41, 5.74) is 1.99. The molecule has 6 heteroatoms. The van der Waals surface area contributed by atoms with Gasteiger partial charge in [0.25, 0.3) is 0 Å². The van der Waals surface area contributed by atoms with Gasteiger partial charge in [0.2, 0.25) is 0 Å². The van der Waals surface area contributed by atoms with Crippen LogP contribution in [-0.2, 0) is 15.8 Å². The van der Waals surface area contributed by atoms with Gasteiger partial charge in [-0.15, -0.1) is 0 Å². The van der Waals surface area contributed by atoms with Crippen LogP contribution >= 0.6 is 0 Å². The van der Waals surface area contributed by atoms with E-state index >= 15 is 0 Å². The van der Waals surface area contributed by atoms with Crippen molar-refractivity contribution in [2.75, 3.05) is 6.54 Å². The van der Waals surface area contributed by atoms with E-state index in [9.17, 15) is 4.79 Å². The molecule has 2 heterocycles. The lowest BCUT2D eigenvalue weighted by Gasteiger charge is -2.38. The summed E-state index contributed by atoms with van der Waals surface area (Å²) in [6.07, 6.45) is 8.12. The quantitative estimate of drug-likeness (QED) is 0.527. The topological polar surface area (TPSA) is 51.7 Å². The maximum absolute atomic E-state index is 13.0. The zero-order chi connectivity index (χ0) is 22.5. The molecular weight excluding hydrogens is 404 g/mol. The number of ether oxygens (including phenoxy) is 1. The number of hydrogen-bond acceptors (Lipinski definition) is 4. The third kappa shape index (κ3) is 6.28. The van der Waals surface area contributed by atoms with Crippen LogP contribution in [0.4, 0.5) is 4.79 Å². The summed E-state index contributed by atoms with van der Waals surface area (Å²) in [5, 5.41) is 0.120. The van der Waals surface area contributed by atoms with Crippen LogP contribution < -0.4 is 0 Å². The van der Waals surface area contributed by atoms with Crippen LogP contribution in [0.1, 0.15) is 38.3 Å². The number of carbonyl (C=O) groups is 1. The highest BCUT2D eigenvalue weighted by Gasteiger charge is 2.43. The first-order chi connectivity index (χ1) is 14.7. The molecule has 0 aliphatic carbocycles. The minimum absolute atomic E-state index is 0.00807. The Morgan fingerprint density at radius 1 is 1.19 bits per heavy atom. The molecule has 31 heavy (non-hydrogen) atoms. The summed E-state index contributed by atoms with van der Waals surface area (Å²) in [6, 6.07) is 13.6. The molecule has 0 saturated carbocycles. The monoisotopic (exact) mass is 438 g/mol. The van der Waals surface area contributed by atoms with E-state index in [1.807, 2.05) is 54.7 Å². The summed E-state index contributed by atoms with van der Waals surface area (Å²) in [6.45, 7) is 12.0. The second-order valence-electron chi connectivity index (χ2n) is 9.64. The smallest absolute Gasteiger partial charge is 0.410 e. The highest BCUT2D eigenvalue weighted by molar-refractivity contribution is 6.74. The number of hydrogen-bond donors (Lipinski definition) is 0. The molecule has 1 aliphatic heterocycles. The number of benzene rings is 1. The predicted octanol–water partition coefficient (Wildman–Crippen LogP) is 5.90. The van der Waals surface area contributed by atoms with Gasteiger partial charge in [0.1, 0.15) is 6.61 Å². The van der Waals surface area contributed by atoms with Crippen LogP contribution in [0.5, 0.6) is 0 Å². The van der Waals surface area contributed by atoms with E-state index in [0.29, 0.717) is 6.54 Å². The average molecular weight is 439 g/mol. The molecule has 166 valence electrons. The predicted molar refractivity (Wildman–Crippen MR) is 127 cm³/mol. The Labute approximate surface area is 187 Å². The van der Waals surface area contributed by atoms with Gasteiger partial charge >= 0.3 is 6.09 Å². The normalized spacial score (nSPS) is 19.7. The van der Waals surface area contributed by atoms with Crippen molar-refractivity contribution in [3.63, 3.8) is 0 Å². The Morgan fingerprint density at radius 2 is 1.94 bits per heavy atom. The van der Waals surface area contributed by atoms with Crippen LogP contribution in [0, 0.1) is 0 Å². The van der Waals surface area contributed by atoms with Gasteiger partial charge in [-0.1, -0.05) is 69.3 Å². The lowest BCUT2D eigenvalue weighted by Crippen LogP contribution is -2.44. The molecule has 1 aromatic heterocycles. The number of carbonyl (C=O) groups excluding carboxylic acids is 1. The molecule has 0 spiro atoms. The van der Waals surface area contributed by atoms with Crippen molar-refractivity contribution in [2.24, 2.45) is 0 Å². The number of nitrogens with zero attached hydrogens (tertiary/aromatic N) is 2. The van der Waals surface area contributed by atoms with Crippen molar-refractivity contribution in [2.45, 2.75) is 64.1 Å². The SMILES string of the molecule is CC(C)(C)[Si](C)(C)O[C@@H]1C[C@@H](C=Cc2cccnc2)N(C(=O)OCc2ccccc2)C1. The van der Waals surface area contributed by atoms with Crippen molar-refractivity contribution in [1.29, 1.82) is 0 Å². The van der Waals surface area contributed by atoms with Crippen LogP contribution in [0.3, 0.4) is 0 Å². The molecule has 0 N–H and O–H groups in total. The maximum atomic E-state index is 13.0. The Hall–Kier alpha value is -2.44. The Bertz CT molecular complexity index is 879. The summed E-state index contributed by atoms with van der Waals surface area (Å²) < 4.78 is 12.3. The molecule has 1 aliphatic rings. The molecule has 2 atom stereocenters. The van der Waals surface area contributed by atoms with Crippen LogP contribution in [-0.4, -0.2) is 43.0 Å². The summed E-state index contributed by atoms with van der Waals surface area (Å²) in [7, 11) is -1.93. The van der Waals surface area contributed by atoms with Gasteiger partial charge < -0.3 is 9.16 Å². The lowest BCUT2D eigenvalue weighted by molar-refractivity contribution is 0.0927. The zero-order valence-corrected chi connectivity index (χ0v) is 20.2. The second kappa shape index (κ2) is 9.79. The molecule has 2 aromatic rings. The Kier molecular flexibility index (Phi) is 7.33. The van der Waals surface area contributed by atoms with Crippen LogP contribution in [0.2, 0.25) is 18.1 Å². The molecule has 5 nitrogen and oxygen atoms in total. The summed E-state index contributed by atoms with van der Waals surface area (Å²) in [4.78, 5) is 18.9. The summed E-state index contributed by atoms with van der Waals surface area (Å²) >= 11 is 0. The standard InChI is InChI=1S/C25H34N2O3Si/c1-25(2,3)31(4,5)30-23-16-22(14-13-20-12-9-15-26-17-20)27(18-23)24(28)29-19-21-10-7-6-8-11-21/h6-15,17,22-23H,16,18-19H2,1-5H3/t22-,23-/m1/s1. The first kappa shape index (κ1) is 23.2. The van der Waals surface area contributed by atoms with Crippen molar-refractivity contribution >= 4 is 20.5 Å². The lowest BCUT2D eigenvalue weighted by atomic mass is 10.1. The number of amides is 1. The first-order valence-corrected chi connectivity index (χ1v) is 13.8. The number of pyridine rings is 1. The fourth-order valence-electron chi connectivity index (χ4n) is 3.40. The van der Waals surface area contributed by atoms with Crippen molar-refractivity contribution in [3.05, 3.63) is 72.1 Å². The molecule has 3 rings (SSSR count). The van der Waals surface area contributed by atoms with E-state index in [0.717, 1.165) is 17.5 Å². The van der Waals surface area contributed by atoms with Gasteiger partial charge in [0.15, 0.2) is 8.32 Å². The van der Waals surface area contributed by atoms with Crippen molar-refractivity contribution < 1.29 is 14.0 Å². The van der Waals surface area contributed by atoms with Crippen molar-refractivity contribution in [3.8, 4) is 0 Å². The molecule has 1 fully saturated rings. The van der Waals surface area contributed by atoms with Gasteiger partial charge in [-0.05, 0) is 41.7 Å². The van der Waals surface area contributed by atoms with Gasteiger partial charge in [-0.2, -0.15) is 0 Å². The molecule has 1 saturated heterocycles. The molecular formula is C25H34N2O3Si. The zero-order valence-electron chi connectivity index (χ0n) is 19.2. The minimum atomic E-state index is -1.93. The Morgan fingerprint density at radius 3 is 2.58 bits per heavy atom. The highest BCUT2D eigenvalue weighted by atomic mass is 28.4. The van der Waals surface area contributed by atoms with Gasteiger partial charge in [0, 0.05) is 18.9 Å². The van der Waals surface area contributed by atoms with E-state index in [-0.39, 0.29) is 29.9 Å². The second-order valence-corrected chi connectivity index (χ2v) is 14.4. The van der Waals surface area contributed by atoms with E-state index < -0.39 is 8.32 Å². The van der Waals surface area contributed by atoms with E-state index in [1.165, 1.54) is 0 Å². The van der Waals surface area contributed by atoms with E-state index in [4.69, 9.17) is 9.16 Å². The fraction of sp³-hybridized carbons (Fsp3) is 0.440. The molecule has 1 aromatic carbocycles. The van der Waals surface area contributed by atoms with Gasteiger partial charge in [0.05, 0.1) is 12.1 Å². The summed E-state index contributed by atoms with van der Waals surface area (Å²) in [5.74, 6) is 0. The van der Waals surface area contributed by atoms with Gasteiger partial charge in [-0.3, -0.25) is 9.88 Å². The fourth-order valence-corrected chi connectivity index (χ4v) is 4.75. The maximum Gasteiger partial charge on any atom is 0.410 e. The molecule has 1 amide bonds. The Balaban J connectivity index is 1.72. The number of likely N-dealkylation sites (tertiary alicyclic amines) is 1. The van der Waals surface area contributed by atoms with E-state index in [1.54, 1.807) is 11.1 Å². The van der Waals surface area contributed by atoms with Crippen molar-refractivity contribution in [1.82, 2.24) is 9.88 Å². The van der Waals surface area contributed by atoms with E-state index in [2.05, 4.69) is 44.9 Å². The third-order valence-corrected chi connectivity index (χ3v) is 10.7. The van der Waals surface area contributed by atoms with Gasteiger partial charge in [-0.25, -0.2) is 4.79 Å². The molecule has 0 unspecified atom stereocenters. The highest BCUT2D eigenvalue weighted by Crippen LogP contribution is 2.39. The number of rotatable bonds is 6. The third-order valence-electron chi connectivity index (χ3n) is 6.21. The average Bonchev–Trinajstić information content (AvgIpc) is 3.13. The first-order valence-electron chi connectivity index (χ1n) is 10.9.